The van der Waals surface area contributed by atoms with Gasteiger partial charge < -0.3 is 4.90 Å². The number of benzene rings is 1. The maximum atomic E-state index is 14.2. The molecule has 2 aromatic rings. The maximum absolute atomic E-state index is 14.2. The predicted octanol–water partition coefficient (Wildman–Crippen LogP) is 4.30. The molecule has 0 saturated carbocycles. The molecule has 1 aromatic heterocycles. The normalized spacial score (nSPS) is 18.6. The third-order valence-corrected chi connectivity index (χ3v) is 8.32. The lowest BCUT2D eigenvalue weighted by molar-refractivity contribution is -0.385. The van der Waals surface area contributed by atoms with Gasteiger partial charge in [0, 0.05) is 55.3 Å². The van der Waals surface area contributed by atoms with Crippen LogP contribution in [0, 0.1) is 10.1 Å². The minimum atomic E-state index is -7.35. The molecule has 38 heavy (non-hydrogen) atoms. The Balaban J connectivity index is 1.79. The van der Waals surface area contributed by atoms with Crippen LogP contribution in [0.2, 0.25) is 0 Å². The first kappa shape index (κ1) is 29.8. The van der Waals surface area contributed by atoms with Crippen molar-refractivity contribution in [2.24, 2.45) is 0 Å². The first-order valence-electron chi connectivity index (χ1n) is 10.3. The second-order valence-electron chi connectivity index (χ2n) is 8.12. The molecular weight excluding hydrogens is 585 g/mol. The first-order chi connectivity index (χ1) is 17.3. The van der Waals surface area contributed by atoms with Gasteiger partial charge >= 0.3 is 23.3 Å². The van der Waals surface area contributed by atoms with Crippen molar-refractivity contribution in [1.29, 1.82) is 0 Å². The molecule has 1 unspecified atom stereocenters. The number of hydrogen-bond donors (Lipinski definition) is 0. The summed E-state index contributed by atoms with van der Waals surface area (Å²) in [6.07, 6.45) is -7.23. The van der Waals surface area contributed by atoms with E-state index in [-0.39, 0.29) is 32.9 Å². The third-order valence-electron chi connectivity index (χ3n) is 5.61. The van der Waals surface area contributed by atoms with Crippen LogP contribution in [0.5, 0.6) is 0 Å². The molecule has 1 atom stereocenters. The van der Waals surface area contributed by atoms with Gasteiger partial charge in [-0.1, -0.05) is 18.2 Å². The molecular formula is C18H16F9N5O4S2. The zero-order chi connectivity index (χ0) is 28.9. The highest BCUT2D eigenvalue weighted by molar-refractivity contribution is 7.90. The molecule has 212 valence electrons. The van der Waals surface area contributed by atoms with Crippen LogP contribution in [-0.4, -0.2) is 76.0 Å². The van der Waals surface area contributed by atoms with Crippen molar-refractivity contribution >= 4 is 32.4 Å². The molecule has 0 amide bonds. The number of nitro groups is 1. The van der Waals surface area contributed by atoms with Gasteiger partial charge in [0.1, 0.15) is 5.82 Å². The molecule has 0 radical (unpaired) electrons. The van der Waals surface area contributed by atoms with E-state index in [0.717, 1.165) is 11.5 Å². The fourth-order valence-corrected chi connectivity index (χ4v) is 5.88. The van der Waals surface area contributed by atoms with Gasteiger partial charge in [-0.05, 0) is 6.92 Å². The molecule has 1 aliphatic rings. The Kier molecular flexibility index (Phi) is 7.67. The Bertz CT molecular complexity index is 1300. The summed E-state index contributed by atoms with van der Waals surface area (Å²) >= 11 is 0.753. The predicted molar refractivity (Wildman–Crippen MR) is 114 cm³/mol. The number of halogens is 9. The number of nitrogens with zero attached hydrogens (tertiary/aromatic N) is 5. The zero-order valence-electron chi connectivity index (χ0n) is 18.8. The molecule has 0 bridgehead atoms. The van der Waals surface area contributed by atoms with E-state index in [9.17, 15) is 58.0 Å². The topological polar surface area (TPSA) is 110 Å². The van der Waals surface area contributed by atoms with Crippen LogP contribution in [0.1, 0.15) is 18.3 Å². The smallest absolute Gasteiger partial charge is 0.342 e. The second-order valence-corrected chi connectivity index (χ2v) is 10.8. The quantitative estimate of drug-likeness (QED) is 0.252. The van der Waals surface area contributed by atoms with Crippen LogP contribution >= 0.6 is 11.5 Å². The van der Waals surface area contributed by atoms with E-state index in [1.165, 1.54) is 30.0 Å². The van der Waals surface area contributed by atoms with Crippen LogP contribution < -0.4 is 4.90 Å². The number of sulfonamides is 1. The van der Waals surface area contributed by atoms with Gasteiger partial charge in [0.2, 0.25) is 5.13 Å². The Morgan fingerprint density at radius 2 is 1.66 bits per heavy atom. The van der Waals surface area contributed by atoms with Crippen molar-refractivity contribution in [3.05, 3.63) is 45.8 Å². The fraction of sp³-hybridized carbons (Fsp3) is 0.556. The first-order valence-corrected chi connectivity index (χ1v) is 12.5. The SMILES string of the molecule is CC1CN(S(=O)(=O)C(F)(F)C(F)(F)C(F)(F)C(F)(F)F)CCN1c1nc(Cc2ccccc2[N+](=O)[O-])ns1. The van der Waals surface area contributed by atoms with Crippen LogP contribution in [0.3, 0.4) is 0 Å². The largest absolute Gasteiger partial charge is 0.460 e. The minimum absolute atomic E-state index is 0.0783. The van der Waals surface area contributed by atoms with E-state index in [0.29, 0.717) is 0 Å². The van der Waals surface area contributed by atoms with Crippen molar-refractivity contribution in [1.82, 2.24) is 13.7 Å². The number of rotatable bonds is 8. The van der Waals surface area contributed by atoms with Crippen molar-refractivity contribution in [2.75, 3.05) is 24.5 Å². The van der Waals surface area contributed by atoms with E-state index < -0.39 is 63.9 Å². The highest BCUT2D eigenvalue weighted by Crippen LogP contribution is 2.55. The van der Waals surface area contributed by atoms with Crippen molar-refractivity contribution in [3.63, 3.8) is 0 Å². The summed E-state index contributed by atoms with van der Waals surface area (Å²) < 4.78 is 148. The zero-order valence-corrected chi connectivity index (χ0v) is 20.4. The van der Waals surface area contributed by atoms with Gasteiger partial charge in [0.25, 0.3) is 15.7 Å². The Hall–Kier alpha value is -2.74. The van der Waals surface area contributed by atoms with E-state index in [1.807, 2.05) is 0 Å². The highest BCUT2D eigenvalue weighted by atomic mass is 32.2. The molecule has 0 spiro atoms. The van der Waals surface area contributed by atoms with Gasteiger partial charge in [-0.25, -0.2) is 13.4 Å². The Labute approximate surface area is 212 Å². The number of para-hydroxylation sites is 1. The number of anilines is 1. The molecule has 1 fully saturated rings. The average Bonchev–Trinajstić information content (AvgIpc) is 3.26. The Morgan fingerprint density at radius 3 is 2.21 bits per heavy atom. The van der Waals surface area contributed by atoms with E-state index in [2.05, 4.69) is 9.36 Å². The number of aromatic nitrogens is 2. The lowest BCUT2D eigenvalue weighted by Crippen LogP contribution is -2.67. The van der Waals surface area contributed by atoms with Crippen LogP contribution in [0.15, 0.2) is 24.3 Å². The summed E-state index contributed by atoms with van der Waals surface area (Å²) in [5.41, 5.74) is 0.0644. The number of hydrogen-bond acceptors (Lipinski definition) is 8. The van der Waals surface area contributed by atoms with Crippen LogP contribution in [0.25, 0.3) is 0 Å². The fourth-order valence-electron chi connectivity index (χ4n) is 3.55. The van der Waals surface area contributed by atoms with E-state index in [4.69, 9.17) is 0 Å². The molecule has 0 aliphatic carbocycles. The standard InChI is InChI=1S/C18H16F9N5O4S2/c1-10-9-30(38(35,36)18(26,27)16(21,22)15(19,20)17(23,24)25)6-7-31(10)14-28-13(29-37-14)8-11-4-2-3-5-12(11)32(33)34/h2-5,10H,6-9H2,1H3. The molecule has 2 heterocycles. The lowest BCUT2D eigenvalue weighted by Gasteiger charge is -2.41. The van der Waals surface area contributed by atoms with Crippen molar-refractivity contribution < 1.29 is 52.9 Å². The summed E-state index contributed by atoms with van der Waals surface area (Å²) in [7, 11) is -6.70. The van der Waals surface area contributed by atoms with E-state index in [1.54, 1.807) is 6.07 Å². The second kappa shape index (κ2) is 9.78. The number of alkyl halides is 9. The summed E-state index contributed by atoms with van der Waals surface area (Å²) in [5, 5.41) is 4.46. The number of piperazine rings is 1. The monoisotopic (exact) mass is 601 g/mol. The average molecular weight is 601 g/mol. The van der Waals surface area contributed by atoms with Crippen LogP contribution in [0.4, 0.5) is 50.3 Å². The van der Waals surface area contributed by atoms with Crippen LogP contribution in [-0.2, 0) is 16.4 Å². The maximum Gasteiger partial charge on any atom is 0.460 e. The molecule has 3 rings (SSSR count). The van der Waals surface area contributed by atoms with Gasteiger partial charge in [-0.2, -0.15) is 48.2 Å². The van der Waals surface area contributed by atoms with Crippen molar-refractivity contribution in [3.8, 4) is 0 Å². The Morgan fingerprint density at radius 1 is 1.05 bits per heavy atom. The van der Waals surface area contributed by atoms with Gasteiger partial charge in [-0.3, -0.25) is 10.1 Å². The summed E-state index contributed by atoms with van der Waals surface area (Å²) in [4.78, 5) is 16.0. The summed E-state index contributed by atoms with van der Waals surface area (Å²) in [5.74, 6) is -14.5. The molecule has 1 saturated heterocycles. The van der Waals surface area contributed by atoms with E-state index >= 15 is 0 Å². The molecule has 20 heteroatoms. The molecule has 0 N–H and O–H groups in total. The molecule has 9 nitrogen and oxygen atoms in total. The summed E-state index contributed by atoms with van der Waals surface area (Å²) in [6, 6.07) is 4.62. The number of nitro benzene ring substituents is 1. The van der Waals surface area contributed by atoms with Gasteiger partial charge in [0.05, 0.1) is 4.92 Å². The molecule has 1 aliphatic heterocycles. The lowest BCUT2D eigenvalue weighted by atomic mass is 10.1. The van der Waals surface area contributed by atoms with Crippen molar-refractivity contribution in [2.45, 2.75) is 42.7 Å². The molecule has 1 aromatic carbocycles. The minimum Gasteiger partial charge on any atom is -0.342 e. The third kappa shape index (κ3) is 4.88. The van der Waals surface area contributed by atoms with Gasteiger partial charge in [-0.15, -0.1) is 0 Å². The summed E-state index contributed by atoms with van der Waals surface area (Å²) in [6.45, 7) is -1.21. The van der Waals surface area contributed by atoms with Gasteiger partial charge in [0.15, 0.2) is 0 Å². The highest BCUT2D eigenvalue weighted by Gasteiger charge is 2.85.